The van der Waals surface area contributed by atoms with Gasteiger partial charge in [0.2, 0.25) is 0 Å². The fraction of sp³-hybridized carbons (Fsp3) is 0.250. The molecule has 2 heteroatoms. The van der Waals surface area contributed by atoms with Crippen LogP contribution in [0.25, 0.3) is 0 Å². The zero-order chi connectivity index (χ0) is 7.56. The van der Waals surface area contributed by atoms with E-state index in [1.54, 1.807) is 0 Å². The van der Waals surface area contributed by atoms with Crippen LogP contribution in [-0.2, 0) is 0 Å². The van der Waals surface area contributed by atoms with Crippen molar-refractivity contribution in [2.45, 2.75) is 0 Å². The molecule has 52 valence electrons. The van der Waals surface area contributed by atoms with Crippen LogP contribution >= 0.6 is 0 Å². The maximum atomic E-state index is 2.18. The number of para-hydroxylation sites is 1. The molecule has 1 aromatic carbocycles. The normalized spacial score (nSPS) is 9.50. The quantitative estimate of drug-likeness (QED) is 0.637. The van der Waals surface area contributed by atoms with E-state index in [1.807, 2.05) is 0 Å². The Morgan fingerprint density at radius 3 is 2.20 bits per heavy atom. The first-order valence-corrected chi connectivity index (χ1v) is 4.88. The van der Waals surface area contributed by atoms with Crippen LogP contribution in [0.2, 0.25) is 0 Å². The molecule has 0 amide bonds. The molecule has 0 saturated carbocycles. The van der Waals surface area contributed by atoms with Crippen molar-refractivity contribution >= 4 is 31.8 Å². The molecule has 1 rings (SSSR count). The molecule has 0 aliphatic heterocycles. The van der Waals surface area contributed by atoms with Crippen molar-refractivity contribution in [3.63, 3.8) is 0 Å². The Balaban J connectivity index is 3.03. The molecule has 0 saturated heterocycles. The molecule has 0 bridgehead atoms. The summed E-state index contributed by atoms with van der Waals surface area (Å²) in [7, 11) is 4.16. The van der Waals surface area contributed by atoms with Crippen LogP contribution in [0.5, 0.6) is 0 Å². The van der Waals surface area contributed by atoms with Crippen LogP contribution in [0.1, 0.15) is 0 Å². The molecule has 0 aliphatic rings. The molecular weight excluding hydrogens is 229 g/mol. The first kappa shape index (κ1) is 7.92. The van der Waals surface area contributed by atoms with Gasteiger partial charge in [-0.25, -0.2) is 0 Å². The third kappa shape index (κ3) is 1.66. The Morgan fingerprint density at radius 2 is 1.80 bits per heavy atom. The predicted molar refractivity (Wildman–Crippen MR) is 47.6 cm³/mol. The van der Waals surface area contributed by atoms with Crippen molar-refractivity contribution in [1.82, 2.24) is 0 Å². The van der Waals surface area contributed by atoms with Gasteiger partial charge < -0.3 is 0 Å². The van der Waals surface area contributed by atoms with Gasteiger partial charge in [-0.15, -0.1) is 0 Å². The number of anilines is 1. The second kappa shape index (κ2) is 3.28. The zero-order valence-electron chi connectivity index (χ0n) is 6.33. The SMILES string of the molecule is CN(C)c1cccc[c]1[SnH]. The van der Waals surface area contributed by atoms with Crippen molar-refractivity contribution in [1.29, 1.82) is 0 Å². The molecular formula is C8H11NSn. The van der Waals surface area contributed by atoms with Crippen LogP contribution in [0.3, 0.4) is 0 Å². The van der Waals surface area contributed by atoms with E-state index < -0.39 is 0 Å². The number of hydrogen-bond acceptors (Lipinski definition) is 1. The number of hydrogen-bond donors (Lipinski definition) is 0. The second-order valence-corrected chi connectivity index (χ2v) is 4.23. The van der Waals surface area contributed by atoms with Gasteiger partial charge in [0.05, 0.1) is 0 Å². The summed E-state index contributed by atoms with van der Waals surface area (Å²) >= 11 is 1.19. The topological polar surface area (TPSA) is 3.24 Å². The van der Waals surface area contributed by atoms with Crippen molar-refractivity contribution < 1.29 is 0 Å². The van der Waals surface area contributed by atoms with Crippen LogP contribution in [0.15, 0.2) is 24.3 Å². The minimum absolute atomic E-state index is 1.19. The fourth-order valence-electron chi connectivity index (χ4n) is 0.895. The van der Waals surface area contributed by atoms with Gasteiger partial charge in [0, 0.05) is 0 Å². The van der Waals surface area contributed by atoms with Crippen LogP contribution in [0.4, 0.5) is 5.69 Å². The Labute approximate surface area is 75.1 Å². The first-order chi connectivity index (χ1) is 4.72. The second-order valence-electron chi connectivity index (χ2n) is 2.45. The van der Waals surface area contributed by atoms with E-state index in [0.29, 0.717) is 0 Å². The van der Waals surface area contributed by atoms with Crippen molar-refractivity contribution in [3.8, 4) is 0 Å². The predicted octanol–water partition coefficient (Wildman–Crippen LogP) is 0.279. The Hall–Kier alpha value is -0.181. The van der Waals surface area contributed by atoms with Gasteiger partial charge in [0.25, 0.3) is 0 Å². The van der Waals surface area contributed by atoms with Crippen LogP contribution in [-0.4, -0.2) is 36.6 Å². The third-order valence-corrected chi connectivity index (χ3v) is 2.81. The molecule has 0 aromatic heterocycles. The minimum atomic E-state index is 1.19. The monoisotopic (exact) mass is 241 g/mol. The summed E-state index contributed by atoms with van der Waals surface area (Å²) in [4.78, 5) is 2.15. The molecule has 1 aromatic rings. The average Bonchev–Trinajstić information content (AvgIpc) is 1.88. The molecule has 0 spiro atoms. The third-order valence-electron chi connectivity index (χ3n) is 1.42. The summed E-state index contributed by atoms with van der Waals surface area (Å²) in [6.45, 7) is 0. The van der Waals surface area contributed by atoms with E-state index in [1.165, 1.54) is 31.8 Å². The van der Waals surface area contributed by atoms with E-state index in [0.717, 1.165) is 0 Å². The molecule has 2 radical (unpaired) electrons. The summed E-state index contributed by atoms with van der Waals surface area (Å²) in [5.41, 5.74) is 1.35. The molecule has 0 aliphatic carbocycles. The van der Waals surface area contributed by atoms with E-state index in [9.17, 15) is 0 Å². The van der Waals surface area contributed by atoms with Crippen LogP contribution < -0.4 is 8.48 Å². The number of rotatable bonds is 1. The van der Waals surface area contributed by atoms with Gasteiger partial charge in [0.1, 0.15) is 0 Å². The molecule has 0 fully saturated rings. The zero-order valence-corrected chi connectivity index (χ0v) is 9.63. The summed E-state index contributed by atoms with van der Waals surface area (Å²) in [5.74, 6) is 0. The summed E-state index contributed by atoms with van der Waals surface area (Å²) < 4.78 is 1.46. The Morgan fingerprint density at radius 1 is 1.20 bits per heavy atom. The van der Waals surface area contributed by atoms with Gasteiger partial charge >= 0.3 is 75.1 Å². The molecule has 0 N–H and O–H groups in total. The van der Waals surface area contributed by atoms with Crippen molar-refractivity contribution in [3.05, 3.63) is 24.3 Å². The number of benzene rings is 1. The van der Waals surface area contributed by atoms with Gasteiger partial charge in [0.15, 0.2) is 0 Å². The number of nitrogens with zero attached hydrogens (tertiary/aromatic N) is 1. The Kier molecular flexibility index (Phi) is 2.60. The first-order valence-electron chi connectivity index (χ1n) is 3.23. The van der Waals surface area contributed by atoms with Crippen LogP contribution in [0, 0.1) is 0 Å². The van der Waals surface area contributed by atoms with E-state index in [2.05, 4.69) is 43.3 Å². The van der Waals surface area contributed by atoms with E-state index in [-0.39, 0.29) is 0 Å². The van der Waals surface area contributed by atoms with Crippen molar-refractivity contribution in [2.24, 2.45) is 0 Å². The average molecular weight is 240 g/mol. The molecule has 0 atom stereocenters. The standard InChI is InChI=1S/C8H10N.Sn.H/c1-9(2)8-6-4-3-5-7-8;;/h3-6H,1-2H3;;. The van der Waals surface area contributed by atoms with E-state index >= 15 is 0 Å². The molecule has 0 unspecified atom stereocenters. The summed E-state index contributed by atoms with van der Waals surface area (Å²) in [5, 5.41) is 0. The molecule has 0 heterocycles. The summed E-state index contributed by atoms with van der Waals surface area (Å²) in [6.07, 6.45) is 0. The van der Waals surface area contributed by atoms with Crippen molar-refractivity contribution in [2.75, 3.05) is 19.0 Å². The van der Waals surface area contributed by atoms with Gasteiger partial charge in [-0.05, 0) is 0 Å². The van der Waals surface area contributed by atoms with E-state index in [4.69, 9.17) is 0 Å². The summed E-state index contributed by atoms with van der Waals surface area (Å²) in [6, 6.07) is 8.50. The molecule has 10 heavy (non-hydrogen) atoms. The fourth-order valence-corrected chi connectivity index (χ4v) is 2.22. The van der Waals surface area contributed by atoms with Gasteiger partial charge in [-0.1, -0.05) is 0 Å². The van der Waals surface area contributed by atoms with Gasteiger partial charge in [-0.2, -0.15) is 0 Å². The Bertz CT molecular complexity index is 220. The molecule has 1 nitrogen and oxygen atoms in total. The maximum absolute atomic E-state index is 2.18. The van der Waals surface area contributed by atoms with Gasteiger partial charge in [-0.3, -0.25) is 0 Å².